The molecule has 2 rings (SSSR count). The lowest BCUT2D eigenvalue weighted by Gasteiger charge is -2.12. The summed E-state index contributed by atoms with van der Waals surface area (Å²) in [5.41, 5.74) is 4.87. The van der Waals surface area contributed by atoms with Crippen molar-refractivity contribution in [2.45, 2.75) is 19.9 Å². The number of rotatable bonds is 4. The first-order valence-corrected chi connectivity index (χ1v) is 6.93. The molecule has 0 aliphatic carbocycles. The summed E-state index contributed by atoms with van der Waals surface area (Å²) in [7, 11) is 4.09. The Bertz CT molecular complexity index is 565. The fourth-order valence-corrected chi connectivity index (χ4v) is 1.99. The van der Waals surface area contributed by atoms with E-state index in [0.29, 0.717) is 0 Å². The molecule has 0 saturated heterocycles. The van der Waals surface area contributed by atoms with Crippen LogP contribution in [0.15, 0.2) is 53.5 Å². The van der Waals surface area contributed by atoms with Crippen molar-refractivity contribution >= 4 is 11.9 Å². The van der Waals surface area contributed by atoms with Crippen LogP contribution in [0.4, 0.5) is 5.69 Å². The van der Waals surface area contributed by atoms with Gasteiger partial charge in [-0.2, -0.15) is 0 Å². The summed E-state index contributed by atoms with van der Waals surface area (Å²) in [6.45, 7) is 4.22. The van der Waals surface area contributed by atoms with Crippen molar-refractivity contribution in [1.29, 1.82) is 0 Å². The van der Waals surface area contributed by atoms with Gasteiger partial charge in [0, 0.05) is 26.0 Å². The second-order valence-corrected chi connectivity index (χ2v) is 5.35. The molecule has 1 atom stereocenters. The average Bonchev–Trinajstić information content (AvgIpc) is 2.46. The van der Waals surface area contributed by atoms with Crippen LogP contribution in [0.25, 0.3) is 0 Å². The maximum absolute atomic E-state index is 4.63. The summed E-state index contributed by atoms with van der Waals surface area (Å²) in [4.78, 5) is 6.72. The molecule has 104 valence electrons. The Kier molecular flexibility index (Phi) is 4.57. The van der Waals surface area contributed by atoms with Crippen molar-refractivity contribution in [3.05, 3.63) is 65.2 Å². The molecule has 0 spiro atoms. The summed E-state index contributed by atoms with van der Waals surface area (Å²) in [6.07, 6.45) is 1.95. The minimum Gasteiger partial charge on any atom is -0.378 e. The van der Waals surface area contributed by atoms with Crippen LogP contribution < -0.4 is 4.90 Å². The Labute approximate surface area is 121 Å². The minimum atomic E-state index is 0.184. The fourth-order valence-electron chi connectivity index (χ4n) is 1.99. The van der Waals surface area contributed by atoms with Crippen LogP contribution in [0.3, 0.4) is 0 Å². The lowest BCUT2D eigenvalue weighted by atomic mass is 10.1. The number of hydrogen-bond donors (Lipinski definition) is 0. The van der Waals surface area contributed by atoms with Crippen LogP contribution in [0.2, 0.25) is 0 Å². The molecule has 0 aromatic heterocycles. The van der Waals surface area contributed by atoms with Gasteiger partial charge in [0.2, 0.25) is 0 Å². The Morgan fingerprint density at radius 2 is 1.55 bits per heavy atom. The van der Waals surface area contributed by atoms with Gasteiger partial charge in [-0.1, -0.05) is 42.0 Å². The molecule has 0 amide bonds. The van der Waals surface area contributed by atoms with E-state index in [0.717, 1.165) is 5.56 Å². The van der Waals surface area contributed by atoms with Crippen LogP contribution >= 0.6 is 0 Å². The third-order valence-electron chi connectivity index (χ3n) is 3.42. The largest absolute Gasteiger partial charge is 0.378 e. The molecular weight excluding hydrogens is 244 g/mol. The smallest absolute Gasteiger partial charge is 0.0721 e. The predicted octanol–water partition coefficient (Wildman–Crippen LogP) is 4.24. The third-order valence-corrected chi connectivity index (χ3v) is 3.42. The normalized spacial score (nSPS) is 12.6. The van der Waals surface area contributed by atoms with E-state index < -0.39 is 0 Å². The van der Waals surface area contributed by atoms with E-state index in [4.69, 9.17) is 0 Å². The van der Waals surface area contributed by atoms with Gasteiger partial charge in [0.1, 0.15) is 0 Å². The van der Waals surface area contributed by atoms with Crippen LogP contribution in [0.1, 0.15) is 29.7 Å². The maximum Gasteiger partial charge on any atom is 0.0721 e. The van der Waals surface area contributed by atoms with Crippen LogP contribution in [0.5, 0.6) is 0 Å². The van der Waals surface area contributed by atoms with Crippen molar-refractivity contribution in [2.24, 2.45) is 4.99 Å². The van der Waals surface area contributed by atoms with E-state index in [9.17, 15) is 0 Å². The molecule has 2 aromatic rings. The number of aliphatic imine (C=N–C) groups is 1. The lowest BCUT2D eigenvalue weighted by molar-refractivity contribution is 0.824. The predicted molar refractivity (Wildman–Crippen MR) is 88.0 cm³/mol. The highest BCUT2D eigenvalue weighted by Crippen LogP contribution is 2.17. The topological polar surface area (TPSA) is 15.6 Å². The molecule has 0 fully saturated rings. The molecule has 2 aromatic carbocycles. The zero-order chi connectivity index (χ0) is 14.5. The number of aryl methyl sites for hydroxylation is 1. The SMILES string of the molecule is Cc1ccc([C@@H](C)N=Cc2ccc(N(C)C)cc2)cc1. The van der Waals surface area contributed by atoms with E-state index in [2.05, 4.69) is 72.3 Å². The molecule has 0 heterocycles. The first-order valence-electron chi connectivity index (χ1n) is 6.93. The molecule has 0 N–H and O–H groups in total. The summed E-state index contributed by atoms with van der Waals surface area (Å²) < 4.78 is 0. The summed E-state index contributed by atoms with van der Waals surface area (Å²) in [5.74, 6) is 0. The molecule has 0 saturated carbocycles. The third kappa shape index (κ3) is 3.70. The lowest BCUT2D eigenvalue weighted by Crippen LogP contribution is -2.08. The van der Waals surface area contributed by atoms with Gasteiger partial charge in [0.25, 0.3) is 0 Å². The number of anilines is 1. The second-order valence-electron chi connectivity index (χ2n) is 5.35. The Morgan fingerprint density at radius 3 is 2.10 bits per heavy atom. The van der Waals surface area contributed by atoms with E-state index in [-0.39, 0.29) is 6.04 Å². The minimum absolute atomic E-state index is 0.184. The summed E-state index contributed by atoms with van der Waals surface area (Å²) >= 11 is 0. The average molecular weight is 266 g/mol. The highest BCUT2D eigenvalue weighted by Gasteiger charge is 2.01. The molecule has 20 heavy (non-hydrogen) atoms. The van der Waals surface area contributed by atoms with E-state index in [1.54, 1.807) is 0 Å². The van der Waals surface area contributed by atoms with E-state index >= 15 is 0 Å². The van der Waals surface area contributed by atoms with Crippen molar-refractivity contribution in [3.8, 4) is 0 Å². The summed E-state index contributed by atoms with van der Waals surface area (Å²) in [6, 6.07) is 17.2. The first-order chi connectivity index (χ1) is 9.56. The van der Waals surface area contributed by atoms with Gasteiger partial charge < -0.3 is 4.90 Å². The highest BCUT2D eigenvalue weighted by molar-refractivity contribution is 5.80. The zero-order valence-electron chi connectivity index (χ0n) is 12.7. The van der Waals surface area contributed by atoms with Gasteiger partial charge in [0.15, 0.2) is 0 Å². The van der Waals surface area contributed by atoms with Gasteiger partial charge in [0.05, 0.1) is 6.04 Å². The molecule has 2 heteroatoms. The Hall–Kier alpha value is -2.09. The van der Waals surface area contributed by atoms with Gasteiger partial charge in [-0.25, -0.2) is 0 Å². The van der Waals surface area contributed by atoms with Crippen molar-refractivity contribution < 1.29 is 0 Å². The molecule has 0 unspecified atom stereocenters. The van der Waals surface area contributed by atoms with Gasteiger partial charge in [-0.05, 0) is 37.1 Å². The molecule has 2 nitrogen and oxygen atoms in total. The van der Waals surface area contributed by atoms with Gasteiger partial charge >= 0.3 is 0 Å². The maximum atomic E-state index is 4.63. The van der Waals surface area contributed by atoms with Gasteiger partial charge in [-0.15, -0.1) is 0 Å². The molecular formula is C18H22N2. The highest BCUT2D eigenvalue weighted by atomic mass is 15.1. The standard InChI is InChI=1S/C18H22N2/c1-14-5-9-17(10-6-14)15(2)19-13-16-7-11-18(12-8-16)20(3)4/h5-13,15H,1-4H3/t15-/m1/s1. The van der Waals surface area contributed by atoms with Crippen LogP contribution in [-0.4, -0.2) is 20.3 Å². The number of nitrogens with zero attached hydrogens (tertiary/aromatic N) is 2. The number of benzene rings is 2. The van der Waals surface area contributed by atoms with Crippen molar-refractivity contribution in [2.75, 3.05) is 19.0 Å². The van der Waals surface area contributed by atoms with Crippen molar-refractivity contribution in [3.63, 3.8) is 0 Å². The molecule has 0 radical (unpaired) electrons. The van der Waals surface area contributed by atoms with Crippen LogP contribution in [0, 0.1) is 6.92 Å². The molecule has 0 aliphatic heterocycles. The van der Waals surface area contributed by atoms with Gasteiger partial charge in [-0.3, -0.25) is 4.99 Å². The van der Waals surface area contributed by atoms with E-state index in [1.165, 1.54) is 16.8 Å². The summed E-state index contributed by atoms with van der Waals surface area (Å²) in [5, 5.41) is 0. The zero-order valence-corrected chi connectivity index (χ0v) is 12.7. The van der Waals surface area contributed by atoms with E-state index in [1.807, 2.05) is 20.3 Å². The van der Waals surface area contributed by atoms with Crippen LogP contribution in [-0.2, 0) is 0 Å². The number of hydrogen-bond acceptors (Lipinski definition) is 2. The fraction of sp³-hybridized carbons (Fsp3) is 0.278. The Morgan fingerprint density at radius 1 is 0.950 bits per heavy atom. The second kappa shape index (κ2) is 6.38. The molecule has 0 bridgehead atoms. The Balaban J connectivity index is 2.06. The quantitative estimate of drug-likeness (QED) is 0.756. The molecule has 0 aliphatic rings. The monoisotopic (exact) mass is 266 g/mol. The first kappa shape index (κ1) is 14.3. The van der Waals surface area contributed by atoms with Crippen molar-refractivity contribution in [1.82, 2.24) is 0 Å².